The van der Waals surface area contributed by atoms with Crippen LogP contribution in [0.4, 0.5) is 5.82 Å². The molecule has 1 aromatic heterocycles. The van der Waals surface area contributed by atoms with E-state index in [1.165, 1.54) is 11.1 Å². The number of amides is 2. The van der Waals surface area contributed by atoms with Crippen molar-refractivity contribution < 1.29 is 14.4 Å². The van der Waals surface area contributed by atoms with Gasteiger partial charge in [-0.1, -0.05) is 0 Å². The van der Waals surface area contributed by atoms with Gasteiger partial charge >= 0.3 is 0 Å². The molecule has 1 aliphatic heterocycles. The Bertz CT molecular complexity index is 532. The highest BCUT2D eigenvalue weighted by Gasteiger charge is 2.35. The third-order valence-corrected chi connectivity index (χ3v) is 3.21. The van der Waals surface area contributed by atoms with E-state index in [9.17, 15) is 14.4 Å². The van der Waals surface area contributed by atoms with Gasteiger partial charge in [-0.3, -0.25) is 19.3 Å². The predicted octanol–water partition coefficient (Wildman–Crippen LogP) is 0.495. The predicted molar refractivity (Wildman–Crippen MR) is 67.0 cm³/mol. The van der Waals surface area contributed by atoms with Crippen molar-refractivity contribution in [2.24, 2.45) is 11.7 Å². The van der Waals surface area contributed by atoms with E-state index in [2.05, 4.69) is 20.9 Å². The normalized spacial score (nSPS) is 19.1. The first-order valence-corrected chi connectivity index (χ1v) is 6.02. The van der Waals surface area contributed by atoms with Gasteiger partial charge in [-0.15, -0.1) is 0 Å². The van der Waals surface area contributed by atoms with Crippen molar-refractivity contribution in [2.75, 3.05) is 11.4 Å². The molecule has 7 heteroatoms. The van der Waals surface area contributed by atoms with Crippen molar-refractivity contribution in [3.05, 3.63) is 22.3 Å². The first-order chi connectivity index (χ1) is 8.52. The van der Waals surface area contributed by atoms with Crippen LogP contribution in [-0.2, 0) is 9.59 Å². The molecular formula is C11H10BrN3O3. The van der Waals surface area contributed by atoms with E-state index in [4.69, 9.17) is 5.73 Å². The minimum Gasteiger partial charge on any atom is -0.369 e. The zero-order chi connectivity index (χ0) is 13.3. The van der Waals surface area contributed by atoms with Crippen molar-refractivity contribution >= 4 is 39.8 Å². The fourth-order valence-electron chi connectivity index (χ4n) is 1.86. The van der Waals surface area contributed by atoms with E-state index in [0.717, 1.165) is 0 Å². The topological polar surface area (TPSA) is 93.4 Å². The maximum Gasteiger partial charge on any atom is 0.229 e. The van der Waals surface area contributed by atoms with Crippen LogP contribution in [0.5, 0.6) is 0 Å². The second kappa shape index (κ2) is 4.85. The average molecular weight is 312 g/mol. The van der Waals surface area contributed by atoms with E-state index in [0.29, 0.717) is 16.3 Å². The van der Waals surface area contributed by atoms with Crippen LogP contribution in [0.2, 0.25) is 0 Å². The Morgan fingerprint density at radius 2 is 2.33 bits per heavy atom. The number of pyridine rings is 1. The molecule has 6 nitrogen and oxygen atoms in total. The molecule has 1 fully saturated rings. The first kappa shape index (κ1) is 12.7. The van der Waals surface area contributed by atoms with E-state index in [1.807, 2.05) is 0 Å². The molecule has 2 heterocycles. The Kier molecular flexibility index (Phi) is 3.42. The van der Waals surface area contributed by atoms with Crippen LogP contribution in [0.3, 0.4) is 0 Å². The van der Waals surface area contributed by atoms with Crippen LogP contribution in [-0.4, -0.2) is 29.6 Å². The summed E-state index contributed by atoms with van der Waals surface area (Å²) in [4.78, 5) is 39.2. The molecule has 1 aliphatic rings. The monoisotopic (exact) mass is 311 g/mol. The van der Waals surface area contributed by atoms with Gasteiger partial charge in [0.05, 0.1) is 11.5 Å². The number of hydrogen-bond donors (Lipinski definition) is 1. The molecule has 94 valence electrons. The molecule has 2 N–H and O–H groups in total. The fraction of sp³-hybridized carbons (Fsp3) is 0.273. The lowest BCUT2D eigenvalue weighted by molar-refractivity contribution is -0.123. The molecule has 0 saturated carbocycles. The number of nitrogens with two attached hydrogens (primary N) is 1. The number of nitrogens with zero attached hydrogens (tertiary/aromatic N) is 2. The number of carbonyl (C=O) groups is 3. The van der Waals surface area contributed by atoms with Crippen LogP contribution < -0.4 is 10.6 Å². The maximum atomic E-state index is 11.8. The van der Waals surface area contributed by atoms with Crippen LogP contribution in [0.15, 0.2) is 16.7 Å². The molecule has 2 rings (SSSR count). The number of halogens is 1. The Morgan fingerprint density at radius 3 is 2.89 bits per heavy atom. The number of aldehydes is 1. The van der Waals surface area contributed by atoms with E-state index in [-0.39, 0.29) is 24.7 Å². The molecule has 0 spiro atoms. The zero-order valence-corrected chi connectivity index (χ0v) is 10.9. The second-order valence-electron chi connectivity index (χ2n) is 3.99. The number of hydrogen-bond acceptors (Lipinski definition) is 4. The molecule has 0 aromatic carbocycles. The fourth-order valence-corrected chi connectivity index (χ4v) is 2.21. The highest BCUT2D eigenvalue weighted by molar-refractivity contribution is 9.10. The quantitative estimate of drug-likeness (QED) is 0.822. The molecular weight excluding hydrogens is 302 g/mol. The molecule has 0 bridgehead atoms. The lowest BCUT2D eigenvalue weighted by Gasteiger charge is -2.16. The van der Waals surface area contributed by atoms with Gasteiger partial charge in [-0.2, -0.15) is 0 Å². The molecule has 1 saturated heterocycles. The Morgan fingerprint density at radius 1 is 1.61 bits per heavy atom. The van der Waals surface area contributed by atoms with Crippen molar-refractivity contribution in [3.8, 4) is 0 Å². The van der Waals surface area contributed by atoms with E-state index < -0.39 is 11.8 Å². The second-order valence-corrected chi connectivity index (χ2v) is 4.91. The summed E-state index contributed by atoms with van der Waals surface area (Å²) in [5.41, 5.74) is 5.47. The van der Waals surface area contributed by atoms with Crippen LogP contribution in [0.25, 0.3) is 0 Å². The highest BCUT2D eigenvalue weighted by atomic mass is 79.9. The summed E-state index contributed by atoms with van der Waals surface area (Å²) in [5, 5.41) is 0. The highest BCUT2D eigenvalue weighted by Crippen LogP contribution is 2.27. The molecule has 1 aromatic rings. The standard InChI is InChI=1S/C11H10BrN3O3/c12-8-1-7(5-16)11(14-3-8)15-4-6(10(13)18)2-9(15)17/h1,3,5-6H,2,4H2,(H2,13,18). The lowest BCUT2D eigenvalue weighted by Crippen LogP contribution is -2.29. The minimum absolute atomic E-state index is 0.0609. The smallest absolute Gasteiger partial charge is 0.229 e. The van der Waals surface area contributed by atoms with Gasteiger partial charge in [-0.25, -0.2) is 4.98 Å². The summed E-state index contributed by atoms with van der Waals surface area (Å²) < 4.78 is 0.645. The Labute approximate surface area is 111 Å². The van der Waals surface area contributed by atoms with E-state index in [1.54, 1.807) is 6.07 Å². The van der Waals surface area contributed by atoms with Crippen LogP contribution in [0, 0.1) is 5.92 Å². The summed E-state index contributed by atoms with van der Waals surface area (Å²) in [6.07, 6.45) is 2.18. The summed E-state index contributed by atoms with van der Waals surface area (Å²) >= 11 is 3.20. The van der Waals surface area contributed by atoms with Gasteiger partial charge in [0, 0.05) is 23.6 Å². The number of carbonyl (C=O) groups excluding carboxylic acids is 3. The van der Waals surface area contributed by atoms with Gasteiger partial charge in [0.25, 0.3) is 0 Å². The van der Waals surface area contributed by atoms with Crippen molar-refractivity contribution in [2.45, 2.75) is 6.42 Å². The Hall–Kier alpha value is -1.76. The van der Waals surface area contributed by atoms with Gasteiger partial charge in [0.2, 0.25) is 11.8 Å². The van der Waals surface area contributed by atoms with Crippen molar-refractivity contribution in [1.82, 2.24) is 4.98 Å². The van der Waals surface area contributed by atoms with Gasteiger partial charge < -0.3 is 5.73 Å². The molecule has 1 unspecified atom stereocenters. The zero-order valence-electron chi connectivity index (χ0n) is 9.30. The van der Waals surface area contributed by atoms with Crippen molar-refractivity contribution in [1.29, 1.82) is 0 Å². The number of aromatic nitrogens is 1. The summed E-state index contributed by atoms with van der Waals surface area (Å²) in [7, 11) is 0. The maximum absolute atomic E-state index is 11.8. The van der Waals surface area contributed by atoms with Gasteiger partial charge in [0.15, 0.2) is 6.29 Å². The number of anilines is 1. The third kappa shape index (κ3) is 2.26. The largest absolute Gasteiger partial charge is 0.369 e. The van der Waals surface area contributed by atoms with E-state index >= 15 is 0 Å². The summed E-state index contributed by atoms with van der Waals surface area (Å²) in [6.45, 7) is 0.170. The number of primary amides is 1. The molecule has 2 amide bonds. The van der Waals surface area contributed by atoms with Crippen LogP contribution >= 0.6 is 15.9 Å². The van der Waals surface area contributed by atoms with Gasteiger partial charge in [0.1, 0.15) is 5.82 Å². The van der Waals surface area contributed by atoms with Crippen molar-refractivity contribution in [3.63, 3.8) is 0 Å². The molecule has 18 heavy (non-hydrogen) atoms. The number of rotatable bonds is 3. The minimum atomic E-state index is -0.526. The van der Waals surface area contributed by atoms with Gasteiger partial charge in [-0.05, 0) is 22.0 Å². The first-order valence-electron chi connectivity index (χ1n) is 5.23. The molecule has 1 atom stereocenters. The van der Waals surface area contributed by atoms with Crippen LogP contribution in [0.1, 0.15) is 16.8 Å². The SMILES string of the molecule is NC(=O)C1CC(=O)N(c2ncc(Br)cc2C=O)C1. The third-order valence-electron chi connectivity index (χ3n) is 2.77. The lowest BCUT2D eigenvalue weighted by atomic mass is 10.1. The molecule has 0 aliphatic carbocycles. The average Bonchev–Trinajstić information content (AvgIpc) is 2.71. The molecule has 0 radical (unpaired) electrons. The summed E-state index contributed by atoms with van der Waals surface area (Å²) in [6, 6.07) is 1.57. The summed E-state index contributed by atoms with van der Waals surface area (Å²) in [5.74, 6) is -1.03. The Balaban J connectivity index is 2.35.